The summed E-state index contributed by atoms with van der Waals surface area (Å²) in [4.78, 5) is 48.8. The van der Waals surface area contributed by atoms with Crippen molar-refractivity contribution >= 4 is 36.3 Å². The zero-order chi connectivity index (χ0) is 24.3. The SMILES string of the molecule is CC(C)CC(N)C(=O)NC(CO)C(=O)NC(CS)C(=O)NC(Cc1ccccc1)C(=O)O. The van der Waals surface area contributed by atoms with Gasteiger partial charge in [-0.3, -0.25) is 14.4 Å². The van der Waals surface area contributed by atoms with Crippen LogP contribution >= 0.6 is 12.6 Å². The average molecular weight is 469 g/mol. The minimum Gasteiger partial charge on any atom is -0.480 e. The Morgan fingerprint density at radius 2 is 1.47 bits per heavy atom. The van der Waals surface area contributed by atoms with Crippen molar-refractivity contribution in [2.24, 2.45) is 11.7 Å². The molecule has 0 aliphatic carbocycles. The third kappa shape index (κ3) is 9.25. The minimum absolute atomic E-state index is 0.0538. The first-order valence-electron chi connectivity index (χ1n) is 10.2. The van der Waals surface area contributed by atoms with Crippen molar-refractivity contribution in [3.8, 4) is 0 Å². The standard InChI is InChI=1S/C21H32N4O6S/c1-12(2)8-14(22)18(27)24-16(10-26)19(28)25-17(11-32)20(29)23-15(21(30)31)9-13-6-4-3-5-7-13/h3-7,12,14-17,26,32H,8-11,22H2,1-2H3,(H,23,29)(H,24,27)(H,25,28)(H,30,31). The van der Waals surface area contributed by atoms with Crippen LogP contribution < -0.4 is 21.7 Å². The van der Waals surface area contributed by atoms with Gasteiger partial charge in [0.2, 0.25) is 17.7 Å². The molecule has 0 aliphatic rings. The van der Waals surface area contributed by atoms with Crippen LogP contribution in [-0.4, -0.2) is 70.4 Å². The smallest absolute Gasteiger partial charge is 0.326 e. The van der Waals surface area contributed by atoms with E-state index in [2.05, 4.69) is 28.6 Å². The highest BCUT2D eigenvalue weighted by Crippen LogP contribution is 2.05. The fourth-order valence-electron chi connectivity index (χ4n) is 2.88. The molecule has 0 radical (unpaired) electrons. The second kappa shape index (κ2) is 13.7. The molecule has 0 fully saturated rings. The van der Waals surface area contributed by atoms with Crippen molar-refractivity contribution in [3.05, 3.63) is 35.9 Å². The Balaban J connectivity index is 2.75. The normalized spacial score (nSPS) is 14.7. The lowest BCUT2D eigenvalue weighted by Crippen LogP contribution is -2.58. The molecule has 178 valence electrons. The summed E-state index contributed by atoms with van der Waals surface area (Å²) < 4.78 is 0. The fourth-order valence-corrected chi connectivity index (χ4v) is 3.13. The van der Waals surface area contributed by atoms with E-state index in [4.69, 9.17) is 5.73 Å². The number of thiol groups is 1. The van der Waals surface area contributed by atoms with E-state index in [1.807, 2.05) is 13.8 Å². The van der Waals surface area contributed by atoms with Crippen molar-refractivity contribution in [2.45, 2.75) is 50.9 Å². The summed E-state index contributed by atoms with van der Waals surface area (Å²) >= 11 is 4.05. The van der Waals surface area contributed by atoms with Crippen LogP contribution in [0.5, 0.6) is 0 Å². The number of aliphatic carboxylic acids is 1. The van der Waals surface area contributed by atoms with Crippen LogP contribution in [-0.2, 0) is 25.6 Å². The molecular formula is C21H32N4O6S. The van der Waals surface area contributed by atoms with Gasteiger partial charge in [0, 0.05) is 12.2 Å². The predicted octanol–water partition coefficient (Wildman–Crippen LogP) is -0.936. The number of hydrogen-bond donors (Lipinski definition) is 7. The van der Waals surface area contributed by atoms with Crippen molar-refractivity contribution in [3.63, 3.8) is 0 Å². The number of nitrogens with two attached hydrogens (primary N) is 1. The van der Waals surface area contributed by atoms with Crippen LogP contribution in [0.25, 0.3) is 0 Å². The quantitative estimate of drug-likeness (QED) is 0.183. The molecule has 4 unspecified atom stereocenters. The minimum atomic E-state index is -1.32. The molecule has 0 aliphatic heterocycles. The maximum atomic E-state index is 12.6. The van der Waals surface area contributed by atoms with Crippen LogP contribution in [0.2, 0.25) is 0 Å². The summed E-state index contributed by atoms with van der Waals surface area (Å²) in [5.41, 5.74) is 6.50. The lowest BCUT2D eigenvalue weighted by molar-refractivity contribution is -0.142. The second-order valence-electron chi connectivity index (χ2n) is 7.81. The summed E-state index contributed by atoms with van der Waals surface area (Å²) in [5, 5.41) is 26.1. The summed E-state index contributed by atoms with van der Waals surface area (Å²) in [6, 6.07) is 4.19. The molecule has 7 N–H and O–H groups in total. The van der Waals surface area contributed by atoms with E-state index in [1.165, 1.54) is 0 Å². The maximum absolute atomic E-state index is 12.6. The van der Waals surface area contributed by atoms with Gasteiger partial charge in [-0.2, -0.15) is 12.6 Å². The highest BCUT2D eigenvalue weighted by Gasteiger charge is 2.29. The average Bonchev–Trinajstić information content (AvgIpc) is 2.74. The lowest BCUT2D eigenvalue weighted by atomic mass is 10.0. The molecular weight excluding hydrogens is 436 g/mol. The van der Waals surface area contributed by atoms with Crippen LogP contribution in [0.15, 0.2) is 30.3 Å². The topological polar surface area (TPSA) is 171 Å². The molecule has 1 aromatic rings. The zero-order valence-electron chi connectivity index (χ0n) is 18.2. The highest BCUT2D eigenvalue weighted by atomic mass is 32.1. The molecule has 0 bridgehead atoms. The van der Waals surface area contributed by atoms with E-state index in [1.54, 1.807) is 30.3 Å². The molecule has 11 heteroatoms. The molecule has 32 heavy (non-hydrogen) atoms. The summed E-state index contributed by atoms with van der Waals surface area (Å²) in [6.45, 7) is 3.07. The first kappa shape index (κ1) is 27.4. The van der Waals surface area contributed by atoms with Gasteiger partial charge in [-0.1, -0.05) is 44.2 Å². The van der Waals surface area contributed by atoms with Gasteiger partial charge >= 0.3 is 5.97 Å². The Hall–Kier alpha value is -2.63. The number of carbonyl (C=O) groups is 4. The third-order valence-corrected chi connectivity index (χ3v) is 4.96. The predicted molar refractivity (Wildman–Crippen MR) is 122 cm³/mol. The van der Waals surface area contributed by atoms with Crippen molar-refractivity contribution in [2.75, 3.05) is 12.4 Å². The number of hydrogen-bond acceptors (Lipinski definition) is 7. The Morgan fingerprint density at radius 1 is 0.938 bits per heavy atom. The molecule has 4 atom stereocenters. The van der Waals surface area contributed by atoms with Gasteiger partial charge < -0.3 is 31.9 Å². The van der Waals surface area contributed by atoms with Crippen LogP contribution in [0, 0.1) is 5.92 Å². The van der Waals surface area contributed by atoms with Gasteiger partial charge in [-0.05, 0) is 17.9 Å². The second-order valence-corrected chi connectivity index (χ2v) is 8.18. The molecule has 1 rings (SSSR count). The number of carboxylic acids is 1. The number of aliphatic hydroxyl groups is 1. The maximum Gasteiger partial charge on any atom is 0.326 e. The molecule has 1 aromatic carbocycles. The summed E-state index contributed by atoms with van der Waals surface area (Å²) in [6.07, 6.45) is 0.448. The number of rotatable bonds is 13. The van der Waals surface area contributed by atoms with E-state index in [0.29, 0.717) is 12.0 Å². The van der Waals surface area contributed by atoms with E-state index in [0.717, 1.165) is 0 Å². The molecule has 0 spiro atoms. The van der Waals surface area contributed by atoms with E-state index in [9.17, 15) is 29.4 Å². The number of amides is 3. The monoisotopic (exact) mass is 468 g/mol. The first-order valence-corrected chi connectivity index (χ1v) is 10.9. The van der Waals surface area contributed by atoms with Crippen molar-refractivity contribution in [1.82, 2.24) is 16.0 Å². The Morgan fingerprint density at radius 3 is 1.97 bits per heavy atom. The number of carboxylic acid groups (broad SMARTS) is 1. The first-order chi connectivity index (χ1) is 15.1. The summed E-state index contributed by atoms with van der Waals surface area (Å²) in [5.74, 6) is -3.38. The highest BCUT2D eigenvalue weighted by molar-refractivity contribution is 7.80. The van der Waals surface area contributed by atoms with Gasteiger partial charge in [0.1, 0.15) is 18.1 Å². The molecule has 0 heterocycles. The van der Waals surface area contributed by atoms with Crippen LogP contribution in [0.4, 0.5) is 0 Å². The Kier molecular flexibility index (Phi) is 11.7. The zero-order valence-corrected chi connectivity index (χ0v) is 19.0. The number of carbonyl (C=O) groups excluding carboxylic acids is 3. The molecule has 0 saturated heterocycles. The van der Waals surface area contributed by atoms with Gasteiger partial charge in [-0.25, -0.2) is 4.79 Å². The Bertz CT molecular complexity index is 777. The van der Waals surface area contributed by atoms with Crippen molar-refractivity contribution in [1.29, 1.82) is 0 Å². The van der Waals surface area contributed by atoms with E-state index >= 15 is 0 Å². The van der Waals surface area contributed by atoms with Crippen molar-refractivity contribution < 1.29 is 29.4 Å². The summed E-state index contributed by atoms with van der Waals surface area (Å²) in [7, 11) is 0. The third-order valence-electron chi connectivity index (χ3n) is 4.59. The number of aliphatic hydroxyl groups excluding tert-OH is 1. The molecule has 10 nitrogen and oxygen atoms in total. The molecule has 3 amide bonds. The lowest BCUT2D eigenvalue weighted by Gasteiger charge is -2.24. The molecule has 0 saturated carbocycles. The van der Waals surface area contributed by atoms with Gasteiger partial charge in [-0.15, -0.1) is 0 Å². The fraction of sp³-hybridized carbons (Fsp3) is 0.524. The van der Waals surface area contributed by atoms with E-state index in [-0.39, 0.29) is 18.1 Å². The largest absolute Gasteiger partial charge is 0.480 e. The number of nitrogens with one attached hydrogen (secondary N) is 3. The van der Waals surface area contributed by atoms with Gasteiger partial charge in [0.05, 0.1) is 12.6 Å². The molecule has 0 aromatic heterocycles. The van der Waals surface area contributed by atoms with Gasteiger partial charge in [0.25, 0.3) is 0 Å². The van der Waals surface area contributed by atoms with Crippen LogP contribution in [0.1, 0.15) is 25.8 Å². The number of benzene rings is 1. The Labute approximate surface area is 192 Å². The van der Waals surface area contributed by atoms with Crippen LogP contribution in [0.3, 0.4) is 0 Å². The van der Waals surface area contributed by atoms with Gasteiger partial charge in [0.15, 0.2) is 0 Å². The van der Waals surface area contributed by atoms with E-state index < -0.39 is 54.5 Å².